The van der Waals surface area contributed by atoms with E-state index in [-0.39, 0.29) is 0 Å². The standard InChI is InChI=1S/C24H26N4OS/c1-29-22-8-3-2-6-19(22)23-10-9-18(30-23)16-28-13-11-20-17(15-28)14-26-24(27-20)21-7-4-5-12-25-21/h2-3,6,8-10,14H,4-5,7,11-13,15-16H2,1H3. The first-order valence-corrected chi connectivity index (χ1v) is 11.4. The van der Waals surface area contributed by atoms with Crippen LogP contribution >= 0.6 is 11.3 Å². The van der Waals surface area contributed by atoms with Crippen LogP contribution < -0.4 is 4.74 Å². The molecule has 0 unspecified atom stereocenters. The SMILES string of the molecule is COc1ccccc1-c1ccc(CN2CCc3nc(C4=NCCCC4)ncc3C2)s1. The van der Waals surface area contributed by atoms with Gasteiger partial charge in [0, 0.05) is 59.7 Å². The molecule has 0 fully saturated rings. The molecule has 0 spiro atoms. The Bertz CT molecular complexity index is 1070. The highest BCUT2D eigenvalue weighted by Gasteiger charge is 2.21. The van der Waals surface area contributed by atoms with Gasteiger partial charge in [0.15, 0.2) is 5.82 Å². The van der Waals surface area contributed by atoms with Crippen LogP contribution in [0.5, 0.6) is 5.75 Å². The van der Waals surface area contributed by atoms with E-state index in [2.05, 4.69) is 39.1 Å². The summed E-state index contributed by atoms with van der Waals surface area (Å²) in [6.07, 6.45) is 6.39. The van der Waals surface area contributed by atoms with E-state index in [1.807, 2.05) is 29.7 Å². The Balaban J connectivity index is 1.28. The molecule has 2 aliphatic rings. The summed E-state index contributed by atoms with van der Waals surface area (Å²) in [5, 5.41) is 0. The Kier molecular flexibility index (Phi) is 5.60. The normalized spacial score (nSPS) is 16.8. The fourth-order valence-corrected chi connectivity index (χ4v) is 5.29. The highest BCUT2D eigenvalue weighted by molar-refractivity contribution is 7.15. The molecule has 0 saturated heterocycles. The quantitative estimate of drug-likeness (QED) is 0.600. The average molecular weight is 419 g/mol. The Morgan fingerprint density at radius 3 is 2.90 bits per heavy atom. The molecule has 6 heteroatoms. The van der Waals surface area contributed by atoms with Crippen LogP contribution in [0.15, 0.2) is 47.6 Å². The van der Waals surface area contributed by atoms with Crippen LogP contribution in [0.25, 0.3) is 10.4 Å². The van der Waals surface area contributed by atoms with Crippen molar-refractivity contribution >= 4 is 17.0 Å². The van der Waals surface area contributed by atoms with E-state index in [9.17, 15) is 0 Å². The molecule has 5 nitrogen and oxygen atoms in total. The molecule has 0 saturated carbocycles. The monoisotopic (exact) mass is 418 g/mol. The van der Waals surface area contributed by atoms with Crippen molar-refractivity contribution in [2.75, 3.05) is 20.2 Å². The van der Waals surface area contributed by atoms with Crippen LogP contribution in [0.1, 0.15) is 41.2 Å². The van der Waals surface area contributed by atoms with Crippen molar-refractivity contribution in [1.29, 1.82) is 0 Å². The average Bonchev–Trinajstić information content (AvgIpc) is 3.27. The van der Waals surface area contributed by atoms with Crippen molar-refractivity contribution in [3.05, 3.63) is 64.6 Å². The molecule has 5 rings (SSSR count). The first kappa shape index (κ1) is 19.4. The second kappa shape index (κ2) is 8.66. The molecule has 154 valence electrons. The maximum atomic E-state index is 5.53. The van der Waals surface area contributed by atoms with E-state index in [1.165, 1.54) is 33.9 Å². The Hall–Kier alpha value is -2.57. The van der Waals surface area contributed by atoms with Gasteiger partial charge in [-0.25, -0.2) is 9.97 Å². The molecule has 1 aromatic carbocycles. The number of thiophene rings is 1. The van der Waals surface area contributed by atoms with Crippen LogP contribution in [0.3, 0.4) is 0 Å². The predicted molar refractivity (Wildman–Crippen MR) is 121 cm³/mol. The van der Waals surface area contributed by atoms with Gasteiger partial charge >= 0.3 is 0 Å². The van der Waals surface area contributed by atoms with Gasteiger partial charge < -0.3 is 4.74 Å². The van der Waals surface area contributed by atoms with Crippen molar-refractivity contribution in [2.45, 2.75) is 38.8 Å². The molecular formula is C24H26N4OS. The molecule has 2 aromatic heterocycles. The van der Waals surface area contributed by atoms with Crippen molar-refractivity contribution < 1.29 is 4.74 Å². The second-order valence-corrected chi connectivity index (χ2v) is 9.05. The van der Waals surface area contributed by atoms with Crippen LogP contribution in [-0.4, -0.2) is 40.8 Å². The number of methoxy groups -OCH3 is 1. The number of hydrogen-bond acceptors (Lipinski definition) is 6. The first-order valence-electron chi connectivity index (χ1n) is 10.6. The van der Waals surface area contributed by atoms with Crippen molar-refractivity contribution in [2.24, 2.45) is 4.99 Å². The van der Waals surface area contributed by atoms with E-state index in [0.29, 0.717) is 0 Å². The first-order chi connectivity index (χ1) is 14.8. The largest absolute Gasteiger partial charge is 0.496 e. The number of benzene rings is 1. The van der Waals surface area contributed by atoms with E-state index in [0.717, 1.165) is 61.9 Å². The van der Waals surface area contributed by atoms with Gasteiger partial charge in [-0.3, -0.25) is 9.89 Å². The summed E-state index contributed by atoms with van der Waals surface area (Å²) in [7, 11) is 1.73. The van der Waals surface area contributed by atoms with Gasteiger partial charge in [0.1, 0.15) is 5.75 Å². The van der Waals surface area contributed by atoms with Crippen LogP contribution in [-0.2, 0) is 19.5 Å². The van der Waals surface area contributed by atoms with Gasteiger partial charge in [-0.05, 0) is 43.5 Å². The summed E-state index contributed by atoms with van der Waals surface area (Å²) in [5.74, 6) is 1.77. The highest BCUT2D eigenvalue weighted by atomic mass is 32.1. The van der Waals surface area contributed by atoms with E-state index in [4.69, 9.17) is 9.72 Å². The fourth-order valence-electron chi connectivity index (χ4n) is 4.20. The predicted octanol–water partition coefficient (Wildman–Crippen LogP) is 4.75. The second-order valence-electron chi connectivity index (χ2n) is 7.88. The number of para-hydroxylation sites is 1. The van der Waals surface area contributed by atoms with Crippen molar-refractivity contribution in [3.8, 4) is 16.2 Å². The maximum Gasteiger partial charge on any atom is 0.173 e. The van der Waals surface area contributed by atoms with Crippen molar-refractivity contribution in [3.63, 3.8) is 0 Å². The Morgan fingerprint density at radius 1 is 1.10 bits per heavy atom. The molecule has 30 heavy (non-hydrogen) atoms. The third-order valence-corrected chi connectivity index (χ3v) is 6.91. The summed E-state index contributed by atoms with van der Waals surface area (Å²) in [5.41, 5.74) is 4.70. The minimum Gasteiger partial charge on any atom is -0.496 e. The summed E-state index contributed by atoms with van der Waals surface area (Å²) in [6, 6.07) is 12.7. The van der Waals surface area contributed by atoms with Crippen LogP contribution in [0, 0.1) is 0 Å². The molecular weight excluding hydrogens is 392 g/mol. The lowest BCUT2D eigenvalue weighted by Crippen LogP contribution is -2.31. The van der Waals surface area contributed by atoms with Crippen molar-refractivity contribution in [1.82, 2.24) is 14.9 Å². The van der Waals surface area contributed by atoms with E-state index in [1.54, 1.807) is 7.11 Å². The fraction of sp³-hybridized carbons (Fsp3) is 0.375. The van der Waals surface area contributed by atoms with E-state index >= 15 is 0 Å². The number of aliphatic imine (C=N–C) groups is 1. The third kappa shape index (κ3) is 4.02. The number of nitrogens with zero attached hydrogens (tertiary/aromatic N) is 4. The molecule has 4 heterocycles. The number of ether oxygens (including phenoxy) is 1. The molecule has 0 aliphatic carbocycles. The molecule has 3 aromatic rings. The number of hydrogen-bond donors (Lipinski definition) is 0. The third-order valence-electron chi connectivity index (χ3n) is 5.81. The number of rotatable bonds is 5. The summed E-state index contributed by atoms with van der Waals surface area (Å²) in [6.45, 7) is 3.80. The van der Waals surface area contributed by atoms with Gasteiger partial charge in [0.05, 0.1) is 18.5 Å². The van der Waals surface area contributed by atoms with Gasteiger partial charge in [-0.15, -0.1) is 11.3 Å². The molecule has 0 N–H and O–H groups in total. The van der Waals surface area contributed by atoms with E-state index < -0.39 is 0 Å². The Morgan fingerprint density at radius 2 is 2.03 bits per heavy atom. The molecule has 0 amide bonds. The summed E-state index contributed by atoms with van der Waals surface area (Å²) in [4.78, 5) is 19.2. The molecule has 0 radical (unpaired) electrons. The van der Waals surface area contributed by atoms with Gasteiger partial charge in [0.2, 0.25) is 0 Å². The zero-order valence-electron chi connectivity index (χ0n) is 17.3. The van der Waals surface area contributed by atoms with Crippen LogP contribution in [0.4, 0.5) is 0 Å². The number of aromatic nitrogens is 2. The molecule has 2 aliphatic heterocycles. The van der Waals surface area contributed by atoms with Gasteiger partial charge in [-0.1, -0.05) is 12.1 Å². The minimum atomic E-state index is 0.849. The lowest BCUT2D eigenvalue weighted by Gasteiger charge is -2.27. The van der Waals surface area contributed by atoms with Gasteiger partial charge in [0.25, 0.3) is 0 Å². The zero-order valence-corrected chi connectivity index (χ0v) is 18.1. The topological polar surface area (TPSA) is 50.6 Å². The summed E-state index contributed by atoms with van der Waals surface area (Å²) < 4.78 is 5.53. The minimum absolute atomic E-state index is 0.849. The smallest absolute Gasteiger partial charge is 0.173 e. The van der Waals surface area contributed by atoms with Crippen LogP contribution in [0.2, 0.25) is 0 Å². The summed E-state index contributed by atoms with van der Waals surface area (Å²) >= 11 is 1.84. The maximum absolute atomic E-state index is 5.53. The lowest BCUT2D eigenvalue weighted by atomic mass is 10.1. The van der Waals surface area contributed by atoms with Gasteiger partial charge in [-0.2, -0.15) is 0 Å². The highest BCUT2D eigenvalue weighted by Crippen LogP contribution is 2.35. The molecule has 0 atom stereocenters. The lowest BCUT2D eigenvalue weighted by molar-refractivity contribution is 0.245. The zero-order chi connectivity index (χ0) is 20.3. The number of fused-ring (bicyclic) bond motifs is 1. The molecule has 0 bridgehead atoms. The Labute approximate surface area is 181 Å².